The van der Waals surface area contributed by atoms with Crippen LogP contribution < -0.4 is 11.1 Å². The number of aromatic nitrogens is 2. The monoisotopic (exact) mass is 316 g/mol. The molecule has 2 atom stereocenters. The molecule has 3 N–H and O–H groups in total. The topological polar surface area (TPSA) is 63.8 Å². The van der Waals surface area contributed by atoms with Gasteiger partial charge in [-0.15, -0.1) is 0 Å². The van der Waals surface area contributed by atoms with E-state index >= 15 is 0 Å². The highest BCUT2D eigenvalue weighted by atomic mass is 79.9. The van der Waals surface area contributed by atoms with Gasteiger partial charge in [-0.1, -0.05) is 6.42 Å². The van der Waals surface area contributed by atoms with Gasteiger partial charge in [0.15, 0.2) is 0 Å². The summed E-state index contributed by atoms with van der Waals surface area (Å²) in [6.45, 7) is 0. The number of nitrogen functional groups attached to an aromatic ring is 1. The summed E-state index contributed by atoms with van der Waals surface area (Å²) < 4.78 is 0.873. The van der Waals surface area contributed by atoms with E-state index in [1.165, 1.54) is 25.7 Å². The van der Waals surface area contributed by atoms with Gasteiger partial charge < -0.3 is 11.1 Å². The molecule has 2 rings (SSSR count). The summed E-state index contributed by atoms with van der Waals surface area (Å²) in [5.74, 6) is 1.12. The molecule has 17 heavy (non-hydrogen) atoms. The SMILES string of the molecule is CSC1CCCC(Nc2nc(N)ncc2Br)C1. The van der Waals surface area contributed by atoms with E-state index in [0.717, 1.165) is 15.5 Å². The van der Waals surface area contributed by atoms with Crippen molar-refractivity contribution >= 4 is 39.5 Å². The van der Waals surface area contributed by atoms with E-state index in [1.807, 2.05) is 11.8 Å². The van der Waals surface area contributed by atoms with E-state index in [1.54, 1.807) is 6.20 Å². The molecule has 0 bridgehead atoms. The molecule has 0 spiro atoms. The van der Waals surface area contributed by atoms with Crippen molar-refractivity contribution in [3.05, 3.63) is 10.7 Å². The fraction of sp³-hybridized carbons (Fsp3) is 0.636. The number of hydrogen-bond acceptors (Lipinski definition) is 5. The second-order valence-corrected chi connectivity index (χ2v) is 6.28. The molecule has 0 amide bonds. The lowest BCUT2D eigenvalue weighted by Crippen LogP contribution is -2.29. The predicted octanol–water partition coefficient (Wildman–Crippen LogP) is 2.91. The molecule has 6 heteroatoms. The van der Waals surface area contributed by atoms with E-state index in [9.17, 15) is 0 Å². The molecule has 0 saturated heterocycles. The molecule has 0 aromatic carbocycles. The maximum absolute atomic E-state index is 5.60. The van der Waals surface area contributed by atoms with Crippen molar-refractivity contribution in [2.24, 2.45) is 0 Å². The highest BCUT2D eigenvalue weighted by Gasteiger charge is 2.22. The Hall–Kier alpha value is -0.490. The van der Waals surface area contributed by atoms with Gasteiger partial charge in [-0.2, -0.15) is 16.7 Å². The Kier molecular flexibility index (Phi) is 4.50. The lowest BCUT2D eigenvalue weighted by Gasteiger charge is -2.29. The normalized spacial score (nSPS) is 24.6. The Morgan fingerprint density at radius 2 is 2.35 bits per heavy atom. The van der Waals surface area contributed by atoms with Crippen molar-refractivity contribution < 1.29 is 0 Å². The van der Waals surface area contributed by atoms with Crippen LogP contribution in [0, 0.1) is 0 Å². The molecule has 1 aliphatic rings. The first-order valence-corrected chi connectivity index (χ1v) is 7.84. The summed E-state index contributed by atoms with van der Waals surface area (Å²) in [5.41, 5.74) is 5.60. The zero-order valence-corrected chi connectivity index (χ0v) is 12.2. The number of hydrogen-bond donors (Lipinski definition) is 2. The van der Waals surface area contributed by atoms with Crippen LogP contribution in [0.4, 0.5) is 11.8 Å². The van der Waals surface area contributed by atoms with Gasteiger partial charge in [-0.05, 0) is 41.4 Å². The smallest absolute Gasteiger partial charge is 0.221 e. The lowest BCUT2D eigenvalue weighted by atomic mass is 9.95. The van der Waals surface area contributed by atoms with Crippen LogP contribution in [-0.4, -0.2) is 27.5 Å². The van der Waals surface area contributed by atoms with E-state index in [2.05, 4.69) is 37.5 Å². The molecular formula is C11H17BrN4S. The van der Waals surface area contributed by atoms with Gasteiger partial charge in [0.25, 0.3) is 0 Å². The third-order valence-corrected chi connectivity index (χ3v) is 4.74. The minimum atomic E-state index is 0.313. The van der Waals surface area contributed by atoms with E-state index < -0.39 is 0 Å². The molecule has 1 aliphatic carbocycles. The summed E-state index contributed by atoms with van der Waals surface area (Å²) in [5, 5.41) is 4.23. The Morgan fingerprint density at radius 1 is 1.53 bits per heavy atom. The van der Waals surface area contributed by atoms with Gasteiger partial charge in [0.1, 0.15) is 5.82 Å². The van der Waals surface area contributed by atoms with Crippen LogP contribution in [0.1, 0.15) is 25.7 Å². The maximum Gasteiger partial charge on any atom is 0.221 e. The van der Waals surface area contributed by atoms with Crippen LogP contribution in [0.15, 0.2) is 10.7 Å². The van der Waals surface area contributed by atoms with Crippen molar-refractivity contribution in [3.8, 4) is 0 Å². The first kappa shape index (κ1) is 13.0. The van der Waals surface area contributed by atoms with Gasteiger partial charge >= 0.3 is 0 Å². The molecule has 0 radical (unpaired) electrons. The van der Waals surface area contributed by atoms with Crippen LogP contribution in [0.3, 0.4) is 0 Å². The fourth-order valence-electron chi connectivity index (χ4n) is 2.17. The summed E-state index contributed by atoms with van der Waals surface area (Å²) >= 11 is 5.40. The van der Waals surface area contributed by atoms with Gasteiger partial charge in [0.2, 0.25) is 5.95 Å². The number of halogens is 1. The van der Waals surface area contributed by atoms with Gasteiger partial charge in [0.05, 0.1) is 4.47 Å². The summed E-state index contributed by atoms with van der Waals surface area (Å²) in [7, 11) is 0. The third-order valence-electron chi connectivity index (χ3n) is 3.06. The molecule has 4 nitrogen and oxygen atoms in total. The molecule has 1 aromatic heterocycles. The van der Waals surface area contributed by atoms with Gasteiger partial charge in [0, 0.05) is 17.5 Å². The summed E-state index contributed by atoms with van der Waals surface area (Å²) in [4.78, 5) is 8.16. The second-order valence-electron chi connectivity index (χ2n) is 4.29. The molecular weight excluding hydrogens is 300 g/mol. The molecule has 1 fully saturated rings. The minimum Gasteiger partial charge on any atom is -0.368 e. The van der Waals surface area contributed by atoms with Crippen LogP contribution in [0.5, 0.6) is 0 Å². The predicted molar refractivity (Wildman–Crippen MR) is 77.3 cm³/mol. The number of rotatable bonds is 3. The average Bonchev–Trinajstić information content (AvgIpc) is 2.34. The molecule has 1 saturated carbocycles. The third kappa shape index (κ3) is 3.48. The molecule has 0 aliphatic heterocycles. The van der Waals surface area contributed by atoms with Crippen LogP contribution >= 0.6 is 27.7 Å². The standard InChI is InChI=1S/C11H17BrN4S/c1-17-8-4-2-3-7(5-8)15-10-9(12)6-14-11(13)16-10/h6-8H,2-5H2,1H3,(H3,13,14,15,16). The van der Waals surface area contributed by atoms with Crippen LogP contribution in [0.2, 0.25) is 0 Å². The number of nitrogens with two attached hydrogens (primary N) is 1. The average molecular weight is 317 g/mol. The highest BCUT2D eigenvalue weighted by molar-refractivity contribution is 9.10. The molecule has 94 valence electrons. The van der Waals surface area contributed by atoms with Crippen molar-refractivity contribution in [1.82, 2.24) is 9.97 Å². The first-order chi connectivity index (χ1) is 8.19. The van der Waals surface area contributed by atoms with Gasteiger partial charge in [-0.25, -0.2) is 4.98 Å². The van der Waals surface area contributed by atoms with E-state index in [0.29, 0.717) is 12.0 Å². The molecule has 2 unspecified atom stereocenters. The Morgan fingerprint density at radius 3 is 3.12 bits per heavy atom. The maximum atomic E-state index is 5.60. The van der Waals surface area contributed by atoms with Crippen molar-refractivity contribution in [2.75, 3.05) is 17.3 Å². The number of anilines is 2. The zero-order valence-electron chi connectivity index (χ0n) is 9.82. The van der Waals surface area contributed by atoms with Gasteiger partial charge in [-0.3, -0.25) is 0 Å². The van der Waals surface area contributed by atoms with Crippen LogP contribution in [-0.2, 0) is 0 Å². The fourth-order valence-corrected chi connectivity index (χ4v) is 3.30. The summed E-state index contributed by atoms with van der Waals surface area (Å²) in [6, 6.07) is 0.492. The quantitative estimate of drug-likeness (QED) is 0.897. The first-order valence-electron chi connectivity index (χ1n) is 5.76. The summed E-state index contributed by atoms with van der Waals surface area (Å²) in [6.07, 6.45) is 8.88. The molecule has 1 aromatic rings. The van der Waals surface area contributed by atoms with E-state index in [4.69, 9.17) is 5.73 Å². The Labute approximate surface area is 114 Å². The Bertz CT molecular complexity index is 388. The highest BCUT2D eigenvalue weighted by Crippen LogP contribution is 2.30. The van der Waals surface area contributed by atoms with Crippen LogP contribution in [0.25, 0.3) is 0 Å². The zero-order chi connectivity index (χ0) is 12.3. The lowest BCUT2D eigenvalue weighted by molar-refractivity contribution is 0.472. The van der Waals surface area contributed by atoms with Crippen molar-refractivity contribution in [3.63, 3.8) is 0 Å². The largest absolute Gasteiger partial charge is 0.368 e. The number of nitrogens with zero attached hydrogens (tertiary/aromatic N) is 2. The van der Waals surface area contributed by atoms with Crippen molar-refractivity contribution in [1.29, 1.82) is 0 Å². The van der Waals surface area contributed by atoms with Crippen molar-refractivity contribution in [2.45, 2.75) is 37.0 Å². The minimum absolute atomic E-state index is 0.313. The van der Waals surface area contributed by atoms with E-state index in [-0.39, 0.29) is 0 Å². The molecule has 1 heterocycles. The Balaban J connectivity index is 2.02. The number of thioether (sulfide) groups is 1. The number of nitrogens with one attached hydrogen (secondary N) is 1. The second kappa shape index (κ2) is 5.91.